The Morgan fingerprint density at radius 1 is 1.47 bits per heavy atom. The van der Waals surface area contributed by atoms with E-state index in [9.17, 15) is 0 Å². The fraction of sp³-hybridized carbons (Fsp3) is 0.571. The van der Waals surface area contributed by atoms with Crippen molar-refractivity contribution in [3.63, 3.8) is 0 Å². The van der Waals surface area contributed by atoms with E-state index in [-0.39, 0.29) is 18.6 Å². The Kier molecular flexibility index (Phi) is 5.08. The molecule has 1 aromatic rings. The van der Waals surface area contributed by atoms with E-state index in [0.717, 1.165) is 5.75 Å². The van der Waals surface area contributed by atoms with Gasteiger partial charge in [0.1, 0.15) is 0 Å². The molecule has 15 heavy (non-hydrogen) atoms. The van der Waals surface area contributed by atoms with Gasteiger partial charge >= 0.3 is 6.01 Å². The molecular weight excluding hydrogens is 218 g/mol. The Bertz CT molecular complexity index is 289. The first kappa shape index (κ1) is 12.0. The normalized spacial score (nSPS) is 10.1. The van der Waals surface area contributed by atoms with Crippen LogP contribution in [0.4, 0.5) is 5.95 Å². The van der Waals surface area contributed by atoms with Gasteiger partial charge in [0.25, 0.3) is 0 Å². The number of methoxy groups -OCH3 is 1. The number of nitrogens with two attached hydrogens (primary N) is 1. The largest absolute Gasteiger partial charge is 0.467 e. The molecule has 8 heteroatoms. The molecule has 0 atom stereocenters. The van der Waals surface area contributed by atoms with Gasteiger partial charge in [-0.25, -0.2) is 5.84 Å². The average molecular weight is 231 g/mol. The van der Waals surface area contributed by atoms with Crippen LogP contribution in [0.3, 0.4) is 0 Å². The van der Waals surface area contributed by atoms with Crippen LogP contribution in [0.25, 0.3) is 0 Å². The zero-order chi connectivity index (χ0) is 11.1. The topological polar surface area (TPSA) is 106 Å². The highest BCUT2D eigenvalue weighted by atomic mass is 32.2. The highest BCUT2D eigenvalue weighted by Gasteiger charge is 2.05. The zero-order valence-corrected chi connectivity index (χ0v) is 9.12. The first-order valence-corrected chi connectivity index (χ1v) is 5.29. The number of hydrogen-bond donors (Lipinski definition) is 3. The van der Waals surface area contributed by atoms with Crippen molar-refractivity contribution >= 4 is 17.7 Å². The smallest absolute Gasteiger partial charge is 0.321 e. The molecule has 0 saturated carbocycles. The summed E-state index contributed by atoms with van der Waals surface area (Å²) in [6.07, 6.45) is 0.685. The van der Waals surface area contributed by atoms with Crippen molar-refractivity contribution in [3.8, 4) is 6.01 Å². The van der Waals surface area contributed by atoms with Crippen molar-refractivity contribution in [2.45, 2.75) is 11.6 Å². The summed E-state index contributed by atoms with van der Waals surface area (Å²) in [6.45, 7) is 0.150. The van der Waals surface area contributed by atoms with Crippen LogP contribution in [0.1, 0.15) is 6.42 Å². The summed E-state index contributed by atoms with van der Waals surface area (Å²) < 4.78 is 4.88. The van der Waals surface area contributed by atoms with Gasteiger partial charge in [-0.15, -0.1) is 0 Å². The standard InChI is InChI=1S/C7H13N5O2S/c1-14-6-9-5(12-8)10-7(11-6)15-4-2-3-13/h13H,2-4,8H2,1H3,(H,9,10,11,12). The van der Waals surface area contributed by atoms with Gasteiger partial charge in [0, 0.05) is 12.4 Å². The number of aliphatic hydroxyl groups excluding tert-OH is 1. The summed E-state index contributed by atoms with van der Waals surface area (Å²) in [5.74, 6) is 6.18. The van der Waals surface area contributed by atoms with Crippen molar-refractivity contribution in [2.24, 2.45) is 5.84 Å². The van der Waals surface area contributed by atoms with E-state index in [4.69, 9.17) is 15.7 Å². The quantitative estimate of drug-likeness (QED) is 0.264. The molecule has 0 saturated heterocycles. The molecule has 0 aliphatic heterocycles. The number of hydrazine groups is 1. The van der Waals surface area contributed by atoms with E-state index in [2.05, 4.69) is 20.4 Å². The lowest BCUT2D eigenvalue weighted by Crippen LogP contribution is -2.12. The van der Waals surface area contributed by atoms with Crippen molar-refractivity contribution in [1.29, 1.82) is 0 Å². The average Bonchev–Trinajstić information content (AvgIpc) is 2.29. The molecule has 0 radical (unpaired) electrons. The molecule has 4 N–H and O–H groups in total. The maximum absolute atomic E-state index is 8.62. The van der Waals surface area contributed by atoms with Crippen LogP contribution < -0.4 is 16.0 Å². The van der Waals surface area contributed by atoms with Crippen LogP contribution >= 0.6 is 11.8 Å². The lowest BCUT2D eigenvalue weighted by atomic mass is 10.5. The Balaban J connectivity index is 2.68. The summed E-state index contributed by atoms with van der Waals surface area (Å²) in [7, 11) is 1.47. The molecule has 0 spiro atoms. The van der Waals surface area contributed by atoms with Crippen molar-refractivity contribution in [3.05, 3.63) is 0 Å². The van der Waals surface area contributed by atoms with Crippen molar-refractivity contribution < 1.29 is 9.84 Å². The van der Waals surface area contributed by atoms with Gasteiger partial charge in [0.2, 0.25) is 5.95 Å². The van der Waals surface area contributed by atoms with E-state index in [1.807, 2.05) is 0 Å². The van der Waals surface area contributed by atoms with Crippen molar-refractivity contribution in [2.75, 3.05) is 24.9 Å². The fourth-order valence-corrected chi connectivity index (χ4v) is 1.54. The van der Waals surface area contributed by atoms with Crippen LogP contribution in [0.15, 0.2) is 5.16 Å². The lowest BCUT2D eigenvalue weighted by Gasteiger charge is -2.04. The molecule has 7 nitrogen and oxygen atoms in total. The number of nitrogens with one attached hydrogen (secondary N) is 1. The Hall–Kier alpha value is -1.12. The number of nitrogens with zero attached hydrogens (tertiary/aromatic N) is 3. The molecule has 0 fully saturated rings. The highest BCUT2D eigenvalue weighted by molar-refractivity contribution is 7.99. The van der Waals surface area contributed by atoms with Gasteiger partial charge in [0.15, 0.2) is 5.16 Å². The maximum Gasteiger partial charge on any atom is 0.321 e. The van der Waals surface area contributed by atoms with Crippen LogP contribution in [0.5, 0.6) is 6.01 Å². The molecule has 0 aliphatic carbocycles. The predicted molar refractivity (Wildman–Crippen MR) is 56.6 cm³/mol. The lowest BCUT2D eigenvalue weighted by molar-refractivity contribution is 0.296. The van der Waals surface area contributed by atoms with E-state index in [0.29, 0.717) is 11.6 Å². The minimum Gasteiger partial charge on any atom is -0.467 e. The molecule has 0 aliphatic rings. The third-order valence-corrected chi connectivity index (χ3v) is 2.37. The fourth-order valence-electron chi connectivity index (χ4n) is 0.786. The number of thioether (sulfide) groups is 1. The molecular formula is C7H13N5O2S. The van der Waals surface area contributed by atoms with Gasteiger partial charge in [-0.2, -0.15) is 15.0 Å². The molecule has 0 amide bonds. The summed E-state index contributed by atoms with van der Waals surface area (Å²) >= 11 is 1.41. The molecule has 0 unspecified atom stereocenters. The number of nitrogen functional groups attached to an aromatic ring is 1. The Morgan fingerprint density at radius 2 is 2.27 bits per heavy atom. The predicted octanol–water partition coefficient (Wildman–Crippen LogP) is -0.360. The second kappa shape index (κ2) is 6.38. The first-order chi connectivity index (χ1) is 7.30. The minimum atomic E-state index is 0.150. The van der Waals surface area contributed by atoms with Gasteiger partial charge in [0.05, 0.1) is 7.11 Å². The minimum absolute atomic E-state index is 0.150. The number of hydrogen-bond acceptors (Lipinski definition) is 8. The Labute approximate surface area is 91.4 Å². The van der Waals surface area contributed by atoms with Crippen LogP contribution in [0, 0.1) is 0 Å². The summed E-state index contributed by atoms with van der Waals surface area (Å²) in [5.41, 5.74) is 2.33. The molecule has 0 bridgehead atoms. The zero-order valence-electron chi connectivity index (χ0n) is 8.30. The molecule has 0 aromatic carbocycles. The van der Waals surface area contributed by atoms with Gasteiger partial charge < -0.3 is 9.84 Å². The number of aliphatic hydroxyl groups is 1. The van der Waals surface area contributed by atoms with E-state index < -0.39 is 0 Å². The van der Waals surface area contributed by atoms with Gasteiger partial charge in [-0.3, -0.25) is 5.43 Å². The maximum atomic E-state index is 8.62. The van der Waals surface area contributed by atoms with Crippen LogP contribution in [-0.2, 0) is 0 Å². The number of rotatable bonds is 6. The summed E-state index contributed by atoms with van der Waals surface area (Å²) in [5, 5.41) is 9.14. The van der Waals surface area contributed by atoms with E-state index >= 15 is 0 Å². The van der Waals surface area contributed by atoms with Crippen LogP contribution in [0.2, 0.25) is 0 Å². The molecule has 84 valence electrons. The van der Waals surface area contributed by atoms with Gasteiger partial charge in [-0.1, -0.05) is 11.8 Å². The van der Waals surface area contributed by atoms with E-state index in [1.165, 1.54) is 18.9 Å². The second-order valence-corrected chi connectivity index (χ2v) is 3.56. The summed E-state index contributed by atoms with van der Waals surface area (Å²) in [6, 6.07) is 0.212. The SMILES string of the molecule is COc1nc(NN)nc(SCCCO)n1. The number of aromatic nitrogens is 3. The third-order valence-electron chi connectivity index (χ3n) is 1.44. The van der Waals surface area contributed by atoms with Gasteiger partial charge in [-0.05, 0) is 6.42 Å². The number of anilines is 1. The number of ether oxygens (including phenoxy) is 1. The highest BCUT2D eigenvalue weighted by Crippen LogP contribution is 2.17. The first-order valence-electron chi connectivity index (χ1n) is 4.30. The molecule has 1 rings (SSSR count). The third kappa shape index (κ3) is 3.86. The monoisotopic (exact) mass is 231 g/mol. The molecule has 1 heterocycles. The Morgan fingerprint density at radius 3 is 2.87 bits per heavy atom. The second-order valence-electron chi connectivity index (χ2n) is 2.50. The molecule has 1 aromatic heterocycles. The van der Waals surface area contributed by atoms with Crippen molar-refractivity contribution in [1.82, 2.24) is 15.0 Å². The van der Waals surface area contributed by atoms with Crippen LogP contribution in [-0.4, -0.2) is 39.5 Å². The summed E-state index contributed by atoms with van der Waals surface area (Å²) in [4.78, 5) is 11.9. The van der Waals surface area contributed by atoms with E-state index in [1.54, 1.807) is 0 Å².